The Morgan fingerprint density at radius 3 is 2.45 bits per heavy atom. The van der Waals surface area contributed by atoms with Gasteiger partial charge in [-0.1, -0.05) is 65.3 Å². The molecule has 0 saturated carbocycles. The second kappa shape index (κ2) is 9.77. The molecule has 8 nitrogen and oxygen atoms in total. The van der Waals surface area contributed by atoms with Gasteiger partial charge in [-0.25, -0.2) is 0 Å². The van der Waals surface area contributed by atoms with Crippen LogP contribution in [0.5, 0.6) is 0 Å². The van der Waals surface area contributed by atoms with Gasteiger partial charge in [-0.3, -0.25) is 24.6 Å². The molecule has 0 bridgehead atoms. The van der Waals surface area contributed by atoms with Gasteiger partial charge in [-0.15, -0.1) is 0 Å². The lowest BCUT2D eigenvalue weighted by Crippen LogP contribution is -2.45. The van der Waals surface area contributed by atoms with Crippen LogP contribution in [0.3, 0.4) is 0 Å². The van der Waals surface area contributed by atoms with Crippen molar-refractivity contribution >= 4 is 58.2 Å². The highest BCUT2D eigenvalue weighted by Gasteiger charge is 2.51. The number of carbonyl (C=O) groups is 2. The molecule has 0 spiro atoms. The van der Waals surface area contributed by atoms with Crippen LogP contribution >= 0.6 is 35.0 Å². The number of anilines is 1. The second-order valence-corrected chi connectivity index (χ2v) is 10.3. The molecule has 1 aliphatic rings. The van der Waals surface area contributed by atoms with E-state index in [-0.39, 0.29) is 33.6 Å². The van der Waals surface area contributed by atoms with Crippen molar-refractivity contribution in [1.82, 2.24) is 0 Å². The van der Waals surface area contributed by atoms with E-state index in [4.69, 9.17) is 28.9 Å². The summed E-state index contributed by atoms with van der Waals surface area (Å²) in [5, 5.41) is 25.0. The Bertz CT molecular complexity index is 1650. The third kappa shape index (κ3) is 4.29. The molecule has 1 unspecified atom stereocenters. The van der Waals surface area contributed by atoms with Crippen molar-refractivity contribution in [3.63, 3.8) is 0 Å². The molecule has 4 aromatic carbocycles. The fraction of sp³-hybridized carbons (Fsp3) is 0.0370. The number of aliphatic hydroxyl groups is 1. The molecule has 0 fully saturated rings. The Hall–Kier alpha value is -3.89. The predicted octanol–water partition coefficient (Wildman–Crippen LogP) is 6.01. The van der Waals surface area contributed by atoms with Crippen molar-refractivity contribution in [2.24, 2.45) is 5.73 Å². The van der Waals surface area contributed by atoms with Gasteiger partial charge in [0.2, 0.25) is 5.91 Å². The van der Waals surface area contributed by atoms with Gasteiger partial charge in [0.25, 0.3) is 11.6 Å². The van der Waals surface area contributed by atoms with E-state index >= 15 is 0 Å². The Morgan fingerprint density at radius 1 is 0.974 bits per heavy atom. The third-order valence-electron chi connectivity index (χ3n) is 6.13. The molecule has 1 heterocycles. The van der Waals surface area contributed by atoms with Gasteiger partial charge in [-0.2, -0.15) is 0 Å². The van der Waals surface area contributed by atoms with Crippen LogP contribution in [0.15, 0.2) is 94.7 Å². The zero-order valence-corrected chi connectivity index (χ0v) is 21.6. The number of hydrogen-bond donors (Lipinski definition) is 2. The Morgan fingerprint density at radius 2 is 1.74 bits per heavy atom. The number of primary amides is 1. The number of amides is 2. The molecule has 3 N–H and O–H groups in total. The van der Waals surface area contributed by atoms with Crippen LogP contribution in [0, 0.1) is 10.1 Å². The molecule has 5 rings (SSSR count). The Kier molecular flexibility index (Phi) is 6.62. The topological polar surface area (TPSA) is 127 Å². The summed E-state index contributed by atoms with van der Waals surface area (Å²) < 4.78 is 0. The van der Waals surface area contributed by atoms with Crippen molar-refractivity contribution in [3.05, 3.63) is 127 Å². The van der Waals surface area contributed by atoms with Crippen molar-refractivity contribution in [3.8, 4) is 0 Å². The number of carbonyl (C=O) groups excluding carboxylic acids is 2. The van der Waals surface area contributed by atoms with Crippen LogP contribution in [0.1, 0.15) is 31.8 Å². The lowest BCUT2D eigenvalue weighted by molar-refractivity contribution is -0.387. The van der Waals surface area contributed by atoms with E-state index < -0.39 is 22.5 Å². The lowest BCUT2D eigenvalue weighted by atomic mass is 9.93. The number of nitro benzene ring substituents is 1. The van der Waals surface area contributed by atoms with Crippen LogP contribution < -0.4 is 10.6 Å². The molecule has 190 valence electrons. The van der Waals surface area contributed by atoms with E-state index in [1.807, 2.05) is 0 Å². The first-order chi connectivity index (χ1) is 18.1. The van der Waals surface area contributed by atoms with E-state index in [9.17, 15) is 24.8 Å². The zero-order chi connectivity index (χ0) is 27.2. The van der Waals surface area contributed by atoms with Crippen molar-refractivity contribution in [2.75, 3.05) is 4.90 Å². The number of hydrogen-bond acceptors (Lipinski definition) is 6. The van der Waals surface area contributed by atoms with Crippen molar-refractivity contribution in [2.45, 2.75) is 15.5 Å². The van der Waals surface area contributed by atoms with Gasteiger partial charge < -0.3 is 10.8 Å². The molecule has 0 aromatic heterocycles. The number of nitrogens with two attached hydrogens (primary N) is 1. The fourth-order valence-electron chi connectivity index (χ4n) is 4.38. The van der Waals surface area contributed by atoms with E-state index in [1.165, 1.54) is 36.4 Å². The quantitative estimate of drug-likeness (QED) is 0.218. The molecule has 4 aromatic rings. The normalized spacial score (nSPS) is 16.4. The number of halogens is 2. The summed E-state index contributed by atoms with van der Waals surface area (Å²) in [4.78, 5) is 38.9. The zero-order valence-electron chi connectivity index (χ0n) is 19.3. The van der Waals surface area contributed by atoms with Gasteiger partial charge in [0.15, 0.2) is 5.72 Å². The van der Waals surface area contributed by atoms with Crippen LogP contribution in [-0.2, 0) is 5.72 Å². The molecule has 2 amide bonds. The molecule has 11 heteroatoms. The van der Waals surface area contributed by atoms with Gasteiger partial charge in [-0.05, 0) is 48.5 Å². The highest BCUT2D eigenvalue weighted by molar-refractivity contribution is 7.99. The Balaban J connectivity index is 1.67. The number of nitro groups is 1. The number of nitrogens with zero attached hydrogens (tertiary/aromatic N) is 2. The predicted molar refractivity (Wildman–Crippen MR) is 145 cm³/mol. The summed E-state index contributed by atoms with van der Waals surface area (Å²) in [6.45, 7) is 0. The molecule has 1 aliphatic heterocycles. The van der Waals surface area contributed by atoms with Gasteiger partial charge in [0.05, 0.1) is 19.9 Å². The first-order valence-corrected chi connectivity index (χ1v) is 12.7. The molecular formula is C27H17Cl2N3O5S. The SMILES string of the molecule is NC(=O)c1cccc(N2C(=O)c3ccccc3C2(O)c2ccc(Sc3ccc(Cl)c(Cl)c3)c([N+](=O)[O-])c2)c1. The van der Waals surface area contributed by atoms with E-state index in [0.29, 0.717) is 19.8 Å². The summed E-state index contributed by atoms with van der Waals surface area (Å²) in [5.41, 5.74) is 3.92. The average Bonchev–Trinajstić information content (AvgIpc) is 3.13. The largest absolute Gasteiger partial charge is 0.366 e. The van der Waals surface area contributed by atoms with E-state index in [1.54, 1.807) is 48.5 Å². The molecule has 38 heavy (non-hydrogen) atoms. The van der Waals surface area contributed by atoms with Gasteiger partial charge in [0, 0.05) is 38.9 Å². The first-order valence-electron chi connectivity index (χ1n) is 11.1. The van der Waals surface area contributed by atoms with Crippen molar-refractivity contribution < 1.29 is 19.6 Å². The molecule has 0 radical (unpaired) electrons. The summed E-state index contributed by atoms with van der Waals surface area (Å²) in [6, 6.07) is 21.5. The number of rotatable bonds is 6. The molecule has 1 atom stereocenters. The minimum absolute atomic E-state index is 0.0884. The average molecular weight is 566 g/mol. The van der Waals surface area contributed by atoms with Crippen molar-refractivity contribution in [1.29, 1.82) is 0 Å². The molecule has 0 saturated heterocycles. The Labute approximate surface area is 230 Å². The smallest absolute Gasteiger partial charge is 0.283 e. The van der Waals surface area contributed by atoms with E-state index in [2.05, 4.69) is 0 Å². The highest BCUT2D eigenvalue weighted by atomic mass is 35.5. The number of fused-ring (bicyclic) bond motifs is 1. The summed E-state index contributed by atoms with van der Waals surface area (Å²) >= 11 is 13.2. The molecular weight excluding hydrogens is 549 g/mol. The van der Waals surface area contributed by atoms with Crippen LogP contribution in [0.2, 0.25) is 10.0 Å². The van der Waals surface area contributed by atoms with E-state index in [0.717, 1.165) is 16.7 Å². The van der Waals surface area contributed by atoms with Crippen LogP contribution in [-0.4, -0.2) is 21.8 Å². The minimum Gasteiger partial charge on any atom is -0.366 e. The standard InChI is InChI=1S/C27H17Cl2N3O5S/c28-21-10-9-18(14-22(21)29)38-24-11-8-16(13-23(24)32(36)37)27(35)20-7-2-1-6-19(20)26(34)31(27)17-5-3-4-15(12-17)25(30)33/h1-14,35H,(H2,30,33). The molecule has 0 aliphatic carbocycles. The highest BCUT2D eigenvalue weighted by Crippen LogP contribution is 2.47. The van der Waals surface area contributed by atoms with Gasteiger partial charge in [0.1, 0.15) is 0 Å². The third-order valence-corrected chi connectivity index (χ3v) is 7.92. The maximum Gasteiger partial charge on any atom is 0.283 e. The summed E-state index contributed by atoms with van der Waals surface area (Å²) in [7, 11) is 0. The summed E-state index contributed by atoms with van der Waals surface area (Å²) in [5.74, 6) is -1.25. The minimum atomic E-state index is -2.11. The number of benzene rings is 4. The van der Waals surface area contributed by atoms with Crippen LogP contribution in [0.25, 0.3) is 0 Å². The first kappa shape index (κ1) is 25.7. The van der Waals surface area contributed by atoms with Crippen LogP contribution in [0.4, 0.5) is 11.4 Å². The maximum absolute atomic E-state index is 13.5. The van der Waals surface area contributed by atoms with Gasteiger partial charge >= 0.3 is 0 Å². The maximum atomic E-state index is 13.5. The lowest BCUT2D eigenvalue weighted by Gasteiger charge is -2.35. The fourth-order valence-corrected chi connectivity index (χ4v) is 5.68. The summed E-state index contributed by atoms with van der Waals surface area (Å²) in [6.07, 6.45) is 0. The second-order valence-electron chi connectivity index (χ2n) is 8.39. The monoisotopic (exact) mass is 565 g/mol.